The smallest absolute Gasteiger partial charge is 0.184 e. The van der Waals surface area contributed by atoms with Crippen molar-refractivity contribution in [3.63, 3.8) is 0 Å². The van der Waals surface area contributed by atoms with Gasteiger partial charge >= 0.3 is 0 Å². The van der Waals surface area contributed by atoms with E-state index in [1.165, 1.54) is 18.1 Å². The van der Waals surface area contributed by atoms with Gasteiger partial charge in [-0.15, -0.1) is 0 Å². The molecule has 0 saturated carbocycles. The van der Waals surface area contributed by atoms with E-state index < -0.39 is 0 Å². The number of hydrogen-bond acceptors (Lipinski definition) is 4. The number of nitrogens with zero attached hydrogens (tertiary/aromatic N) is 2. The number of H-pyrrole nitrogens is 1. The van der Waals surface area contributed by atoms with Gasteiger partial charge in [0, 0.05) is 6.42 Å². The van der Waals surface area contributed by atoms with Crippen molar-refractivity contribution in [2.75, 3.05) is 0 Å². The third kappa shape index (κ3) is 2.34. The van der Waals surface area contributed by atoms with Crippen molar-refractivity contribution in [3.8, 4) is 0 Å². The maximum atomic E-state index is 11.2. The van der Waals surface area contributed by atoms with Gasteiger partial charge < -0.3 is 0 Å². The van der Waals surface area contributed by atoms with E-state index in [1.807, 2.05) is 13.8 Å². The molecule has 12 heavy (non-hydrogen) atoms. The number of nitrogens with one attached hydrogen (secondary N) is 1. The SMILES string of the molecule is CCC(=O)C(C)Sc1ncn[nH]1. The molecule has 1 aromatic heterocycles. The molecule has 4 nitrogen and oxygen atoms in total. The Labute approximate surface area is 75.2 Å². The Morgan fingerprint density at radius 1 is 1.83 bits per heavy atom. The quantitative estimate of drug-likeness (QED) is 0.717. The predicted molar refractivity (Wildman–Crippen MR) is 47.0 cm³/mol. The van der Waals surface area contributed by atoms with Gasteiger partial charge in [0.1, 0.15) is 12.1 Å². The summed E-state index contributed by atoms with van der Waals surface area (Å²) in [6.45, 7) is 3.73. The molecule has 0 aliphatic carbocycles. The fourth-order valence-electron chi connectivity index (χ4n) is 0.772. The van der Waals surface area contributed by atoms with Crippen molar-refractivity contribution in [1.82, 2.24) is 15.2 Å². The summed E-state index contributed by atoms with van der Waals surface area (Å²) in [5.74, 6) is 0.233. The molecule has 66 valence electrons. The number of aromatic nitrogens is 3. The molecule has 0 aromatic carbocycles. The molecule has 1 atom stereocenters. The van der Waals surface area contributed by atoms with Crippen molar-refractivity contribution >= 4 is 17.5 Å². The minimum Gasteiger partial charge on any atom is -0.298 e. The molecule has 0 saturated heterocycles. The number of hydrogen-bond donors (Lipinski definition) is 1. The summed E-state index contributed by atoms with van der Waals surface area (Å²) in [6, 6.07) is 0. The lowest BCUT2D eigenvalue weighted by atomic mass is 10.2. The number of thioether (sulfide) groups is 1. The summed E-state index contributed by atoms with van der Waals surface area (Å²) in [5.41, 5.74) is 0. The highest BCUT2D eigenvalue weighted by molar-refractivity contribution is 8.00. The lowest BCUT2D eigenvalue weighted by molar-refractivity contribution is -0.118. The summed E-state index contributed by atoms with van der Waals surface area (Å²) >= 11 is 1.40. The van der Waals surface area contributed by atoms with Crippen LogP contribution in [0.3, 0.4) is 0 Å². The monoisotopic (exact) mass is 185 g/mol. The van der Waals surface area contributed by atoms with Crippen LogP contribution in [0.4, 0.5) is 0 Å². The first-order valence-corrected chi connectivity index (χ1v) is 4.66. The molecule has 0 fully saturated rings. The van der Waals surface area contributed by atoms with Crippen LogP contribution in [0.2, 0.25) is 0 Å². The van der Waals surface area contributed by atoms with E-state index in [2.05, 4.69) is 15.2 Å². The topological polar surface area (TPSA) is 58.6 Å². The fourth-order valence-corrected chi connectivity index (χ4v) is 1.62. The van der Waals surface area contributed by atoms with Crippen LogP contribution >= 0.6 is 11.8 Å². The van der Waals surface area contributed by atoms with E-state index in [9.17, 15) is 4.79 Å². The average molecular weight is 185 g/mol. The second kappa shape index (κ2) is 4.25. The summed E-state index contributed by atoms with van der Waals surface area (Å²) in [5, 5.41) is 7.05. The minimum absolute atomic E-state index is 0.0389. The molecule has 5 heteroatoms. The zero-order valence-corrected chi connectivity index (χ0v) is 7.89. The minimum atomic E-state index is -0.0389. The van der Waals surface area contributed by atoms with E-state index in [-0.39, 0.29) is 11.0 Å². The highest BCUT2D eigenvalue weighted by Gasteiger charge is 2.13. The number of aromatic amines is 1. The lowest BCUT2D eigenvalue weighted by Gasteiger charge is -2.04. The van der Waals surface area contributed by atoms with Crippen molar-refractivity contribution < 1.29 is 4.79 Å². The third-order valence-electron chi connectivity index (χ3n) is 1.48. The zero-order valence-electron chi connectivity index (χ0n) is 7.07. The first-order chi connectivity index (χ1) is 5.74. The molecular weight excluding hydrogens is 174 g/mol. The molecule has 0 bridgehead atoms. The highest BCUT2D eigenvalue weighted by Crippen LogP contribution is 2.19. The van der Waals surface area contributed by atoms with Gasteiger partial charge in [0.2, 0.25) is 0 Å². The predicted octanol–water partition coefficient (Wildman–Crippen LogP) is 1.26. The van der Waals surface area contributed by atoms with Crippen LogP contribution in [-0.4, -0.2) is 26.2 Å². The van der Waals surface area contributed by atoms with Crippen molar-refractivity contribution in [2.45, 2.75) is 30.7 Å². The highest BCUT2D eigenvalue weighted by atomic mass is 32.2. The van der Waals surface area contributed by atoms with Crippen LogP contribution < -0.4 is 0 Å². The van der Waals surface area contributed by atoms with Crippen molar-refractivity contribution in [1.29, 1.82) is 0 Å². The Hall–Kier alpha value is -0.840. The largest absolute Gasteiger partial charge is 0.298 e. The van der Waals surface area contributed by atoms with Gasteiger partial charge in [-0.2, -0.15) is 5.10 Å². The van der Waals surface area contributed by atoms with Gasteiger partial charge in [0.25, 0.3) is 0 Å². The first kappa shape index (κ1) is 9.25. The van der Waals surface area contributed by atoms with Crippen LogP contribution in [0.15, 0.2) is 11.5 Å². The number of carbonyl (C=O) groups is 1. The zero-order chi connectivity index (χ0) is 8.97. The molecule has 1 unspecified atom stereocenters. The second-order valence-corrected chi connectivity index (χ2v) is 3.70. The number of rotatable bonds is 4. The Kier molecular flexibility index (Phi) is 3.28. The van der Waals surface area contributed by atoms with Gasteiger partial charge in [0.15, 0.2) is 5.16 Å². The van der Waals surface area contributed by atoms with E-state index in [4.69, 9.17) is 0 Å². The molecule has 1 rings (SSSR count). The Bertz CT molecular complexity index is 247. The van der Waals surface area contributed by atoms with E-state index in [0.29, 0.717) is 11.6 Å². The second-order valence-electron chi connectivity index (χ2n) is 2.37. The molecule has 0 radical (unpaired) electrons. The lowest BCUT2D eigenvalue weighted by Crippen LogP contribution is -2.11. The van der Waals surface area contributed by atoms with Crippen LogP contribution in [0.5, 0.6) is 0 Å². The van der Waals surface area contributed by atoms with E-state index >= 15 is 0 Å². The van der Waals surface area contributed by atoms with Gasteiger partial charge in [-0.05, 0) is 6.92 Å². The Balaban J connectivity index is 2.47. The normalized spacial score (nSPS) is 12.8. The van der Waals surface area contributed by atoms with Crippen molar-refractivity contribution in [2.24, 2.45) is 0 Å². The number of Topliss-reactive ketones (excluding diaryl/α,β-unsaturated/α-hetero) is 1. The van der Waals surface area contributed by atoms with Gasteiger partial charge in [-0.25, -0.2) is 4.98 Å². The van der Waals surface area contributed by atoms with Crippen LogP contribution in [-0.2, 0) is 4.79 Å². The van der Waals surface area contributed by atoms with Crippen LogP contribution in [0, 0.1) is 0 Å². The van der Waals surface area contributed by atoms with Gasteiger partial charge in [-0.3, -0.25) is 9.89 Å². The third-order valence-corrected chi connectivity index (χ3v) is 2.52. The molecule has 0 aliphatic rings. The number of carbonyl (C=O) groups excluding carboxylic acids is 1. The maximum Gasteiger partial charge on any atom is 0.184 e. The van der Waals surface area contributed by atoms with Crippen LogP contribution in [0.25, 0.3) is 0 Å². The Morgan fingerprint density at radius 2 is 2.58 bits per heavy atom. The first-order valence-electron chi connectivity index (χ1n) is 3.78. The standard InChI is InChI=1S/C7H11N3OS/c1-3-6(11)5(2)12-7-8-4-9-10-7/h4-5H,3H2,1-2H3,(H,8,9,10). The van der Waals surface area contributed by atoms with Crippen molar-refractivity contribution in [3.05, 3.63) is 6.33 Å². The number of ketones is 1. The van der Waals surface area contributed by atoms with Crippen LogP contribution in [0.1, 0.15) is 20.3 Å². The summed E-state index contributed by atoms with van der Waals surface area (Å²) in [7, 11) is 0. The molecule has 1 aromatic rings. The Morgan fingerprint density at radius 3 is 3.08 bits per heavy atom. The van der Waals surface area contributed by atoms with E-state index in [1.54, 1.807) is 0 Å². The van der Waals surface area contributed by atoms with Gasteiger partial charge in [-0.1, -0.05) is 18.7 Å². The molecule has 0 amide bonds. The van der Waals surface area contributed by atoms with E-state index in [0.717, 1.165) is 0 Å². The summed E-state index contributed by atoms with van der Waals surface area (Å²) in [6.07, 6.45) is 2.01. The molecule has 1 heterocycles. The average Bonchev–Trinajstić information content (AvgIpc) is 2.55. The molecule has 0 aliphatic heterocycles. The summed E-state index contributed by atoms with van der Waals surface area (Å²) in [4.78, 5) is 15.1. The molecular formula is C7H11N3OS. The molecule has 1 N–H and O–H groups in total. The fraction of sp³-hybridized carbons (Fsp3) is 0.571. The maximum absolute atomic E-state index is 11.2. The summed E-state index contributed by atoms with van der Waals surface area (Å²) < 4.78 is 0. The van der Waals surface area contributed by atoms with Gasteiger partial charge in [0.05, 0.1) is 5.25 Å². The molecule has 0 spiro atoms.